The van der Waals surface area contributed by atoms with E-state index in [-0.39, 0.29) is 33.1 Å². The molecule has 4 nitrogen and oxygen atoms in total. The summed E-state index contributed by atoms with van der Waals surface area (Å²) >= 11 is 5.95. The minimum Gasteiger partial charge on any atom is -0.305 e. The van der Waals surface area contributed by atoms with Gasteiger partial charge in [-0.15, -0.1) is 0 Å². The number of sulfone groups is 1. The molecule has 0 saturated heterocycles. The van der Waals surface area contributed by atoms with Crippen LogP contribution in [0.1, 0.15) is 35.7 Å². The molecule has 1 aliphatic rings. The summed E-state index contributed by atoms with van der Waals surface area (Å²) in [6.45, 7) is 1.78. The van der Waals surface area contributed by atoms with Crippen molar-refractivity contribution in [3.05, 3.63) is 58.6 Å². The van der Waals surface area contributed by atoms with Gasteiger partial charge in [-0.25, -0.2) is 8.42 Å². The number of halogens is 4. The van der Waals surface area contributed by atoms with Crippen LogP contribution in [0.3, 0.4) is 0 Å². The Balaban J connectivity index is 2.08. The van der Waals surface area contributed by atoms with E-state index >= 15 is 0 Å². The average Bonchev–Trinajstić information content (AvgIpc) is 3.46. The van der Waals surface area contributed by atoms with Crippen molar-refractivity contribution < 1.29 is 26.4 Å². The molecule has 0 aliphatic heterocycles. The van der Waals surface area contributed by atoms with Gasteiger partial charge in [0, 0.05) is 23.5 Å². The topological polar surface area (TPSA) is 54.5 Å². The normalized spacial score (nSPS) is 15.8. The zero-order valence-electron chi connectivity index (χ0n) is 15.7. The Morgan fingerprint density at radius 1 is 1.17 bits per heavy atom. The van der Waals surface area contributed by atoms with Crippen LogP contribution in [0.15, 0.2) is 47.4 Å². The molecule has 1 amide bonds. The van der Waals surface area contributed by atoms with Gasteiger partial charge in [0.15, 0.2) is 9.84 Å². The number of carbonyl (C=O) groups excluding carboxylic acids is 1. The molecule has 2 aromatic rings. The highest BCUT2D eigenvalue weighted by Crippen LogP contribution is 2.39. The van der Waals surface area contributed by atoms with E-state index in [0.717, 1.165) is 31.2 Å². The Hall–Kier alpha value is -2.06. The molecule has 0 heterocycles. The molecular weight excluding hydrogens is 427 g/mol. The number of rotatable bonds is 5. The summed E-state index contributed by atoms with van der Waals surface area (Å²) in [6.07, 6.45) is -1.82. The largest absolute Gasteiger partial charge is 0.416 e. The Morgan fingerprint density at radius 3 is 2.38 bits per heavy atom. The third kappa shape index (κ3) is 4.75. The molecule has 3 rings (SSSR count). The smallest absolute Gasteiger partial charge is 0.305 e. The van der Waals surface area contributed by atoms with Gasteiger partial charge in [0.2, 0.25) is 0 Å². The van der Waals surface area contributed by atoms with Crippen LogP contribution in [0.2, 0.25) is 5.02 Å². The van der Waals surface area contributed by atoms with Crippen LogP contribution in [0.4, 0.5) is 18.9 Å². The van der Waals surface area contributed by atoms with Crippen molar-refractivity contribution in [2.75, 3.05) is 11.2 Å². The summed E-state index contributed by atoms with van der Waals surface area (Å²) in [5, 5.41) is -0.0232. The monoisotopic (exact) mass is 445 g/mol. The fourth-order valence-corrected chi connectivity index (χ4v) is 4.52. The van der Waals surface area contributed by atoms with Crippen molar-refractivity contribution in [2.24, 2.45) is 5.92 Å². The third-order valence-electron chi connectivity index (χ3n) is 4.96. The number of hydrogen-bond acceptors (Lipinski definition) is 3. The number of benzene rings is 2. The zero-order chi connectivity index (χ0) is 21.6. The maximum Gasteiger partial charge on any atom is 0.416 e. The van der Waals surface area contributed by atoms with Gasteiger partial charge in [-0.05, 0) is 62.1 Å². The minimum atomic E-state index is -4.54. The van der Waals surface area contributed by atoms with E-state index < -0.39 is 27.5 Å². The number of anilines is 1. The maximum absolute atomic E-state index is 13.3. The van der Waals surface area contributed by atoms with E-state index in [9.17, 15) is 26.4 Å². The highest BCUT2D eigenvalue weighted by atomic mass is 35.5. The average molecular weight is 446 g/mol. The molecule has 0 bridgehead atoms. The molecule has 156 valence electrons. The molecule has 1 saturated carbocycles. The molecule has 1 aliphatic carbocycles. The van der Waals surface area contributed by atoms with Gasteiger partial charge in [-0.3, -0.25) is 4.79 Å². The van der Waals surface area contributed by atoms with Crippen LogP contribution in [0.5, 0.6) is 0 Å². The first-order valence-electron chi connectivity index (χ1n) is 8.90. The van der Waals surface area contributed by atoms with Crippen molar-refractivity contribution >= 4 is 33.0 Å². The van der Waals surface area contributed by atoms with E-state index in [1.54, 1.807) is 6.92 Å². The number of nitrogens with zero attached hydrogens (tertiary/aromatic N) is 1. The van der Waals surface area contributed by atoms with Crippen LogP contribution in [0, 0.1) is 5.92 Å². The number of alkyl halides is 3. The number of amides is 1. The zero-order valence-corrected chi connectivity index (χ0v) is 17.3. The summed E-state index contributed by atoms with van der Waals surface area (Å²) in [4.78, 5) is 14.4. The van der Waals surface area contributed by atoms with Crippen LogP contribution >= 0.6 is 11.6 Å². The first-order chi connectivity index (χ1) is 13.4. The summed E-state index contributed by atoms with van der Waals surface area (Å²) in [5.74, 6) is -0.402. The summed E-state index contributed by atoms with van der Waals surface area (Å²) in [7, 11) is -3.68. The fraction of sp³-hybridized carbons (Fsp3) is 0.350. The molecular formula is C20H19ClF3NO3S. The first-order valence-corrected chi connectivity index (χ1v) is 11.2. The van der Waals surface area contributed by atoms with E-state index in [4.69, 9.17) is 11.6 Å². The van der Waals surface area contributed by atoms with Gasteiger partial charge in [0.1, 0.15) is 0 Å². The second-order valence-electron chi connectivity index (χ2n) is 7.22. The fourth-order valence-electron chi connectivity index (χ4n) is 3.22. The van der Waals surface area contributed by atoms with Crippen LogP contribution in [-0.4, -0.2) is 26.6 Å². The highest BCUT2D eigenvalue weighted by Gasteiger charge is 2.37. The van der Waals surface area contributed by atoms with Crippen LogP contribution in [0.25, 0.3) is 0 Å². The quantitative estimate of drug-likeness (QED) is 0.635. The summed E-state index contributed by atoms with van der Waals surface area (Å²) < 4.78 is 63.4. The van der Waals surface area contributed by atoms with Crippen molar-refractivity contribution in [3.63, 3.8) is 0 Å². The maximum atomic E-state index is 13.3. The molecule has 1 unspecified atom stereocenters. The van der Waals surface area contributed by atoms with Gasteiger partial charge >= 0.3 is 6.18 Å². The lowest BCUT2D eigenvalue weighted by molar-refractivity contribution is -0.137. The molecule has 1 fully saturated rings. The van der Waals surface area contributed by atoms with Gasteiger partial charge in [0.25, 0.3) is 5.91 Å². The molecule has 1 atom stereocenters. The molecule has 0 aromatic heterocycles. The van der Waals surface area contributed by atoms with Gasteiger partial charge in [-0.2, -0.15) is 13.2 Å². The van der Waals surface area contributed by atoms with Gasteiger partial charge < -0.3 is 4.90 Å². The van der Waals surface area contributed by atoms with Crippen LogP contribution in [-0.2, 0) is 16.0 Å². The number of hydrogen-bond donors (Lipinski definition) is 0. The molecule has 9 heteroatoms. The molecule has 2 aromatic carbocycles. The summed E-state index contributed by atoms with van der Waals surface area (Å²) in [5.41, 5.74) is -0.705. The van der Waals surface area contributed by atoms with Crippen molar-refractivity contribution in [1.82, 2.24) is 0 Å². The van der Waals surface area contributed by atoms with Gasteiger partial charge in [-0.1, -0.05) is 17.7 Å². The lowest BCUT2D eigenvalue weighted by atomic mass is 10.1. The van der Waals surface area contributed by atoms with Gasteiger partial charge in [0.05, 0.1) is 15.5 Å². The molecule has 0 radical (unpaired) electrons. The Labute approximate surface area is 172 Å². The Morgan fingerprint density at radius 2 is 1.83 bits per heavy atom. The Bertz CT molecular complexity index is 1050. The standard InChI is InChI=1S/C20H19ClF3NO3S/c1-12(13-6-7-13)25(16-5-3-4-15(11-16)20(22,23)24)19(26)14-8-9-17(21)18(10-14)29(2,27)28/h3-5,8-13H,6-7H2,1-2H3. The van der Waals surface area contributed by atoms with E-state index in [1.807, 2.05) is 0 Å². The second kappa shape index (κ2) is 7.65. The van der Waals surface area contributed by atoms with Crippen molar-refractivity contribution in [3.8, 4) is 0 Å². The molecule has 29 heavy (non-hydrogen) atoms. The highest BCUT2D eigenvalue weighted by molar-refractivity contribution is 7.90. The SMILES string of the molecule is CC(C1CC1)N(C(=O)c1ccc(Cl)c(S(C)(=O)=O)c1)c1cccc(C(F)(F)F)c1. The first kappa shape index (κ1) is 21.6. The third-order valence-corrected chi connectivity index (χ3v) is 6.54. The predicted molar refractivity (Wildman–Crippen MR) is 105 cm³/mol. The predicted octanol–water partition coefficient (Wildman–Crippen LogP) is 5.21. The second-order valence-corrected chi connectivity index (χ2v) is 9.61. The van der Waals surface area contributed by atoms with Crippen LogP contribution < -0.4 is 4.90 Å². The number of carbonyl (C=O) groups is 1. The lowest BCUT2D eigenvalue weighted by Crippen LogP contribution is -2.40. The van der Waals surface area contributed by atoms with E-state index in [1.165, 1.54) is 35.2 Å². The van der Waals surface area contributed by atoms with Crippen molar-refractivity contribution in [1.29, 1.82) is 0 Å². The van der Waals surface area contributed by atoms with E-state index in [2.05, 4.69) is 0 Å². The summed E-state index contributed by atoms with van der Waals surface area (Å²) in [6, 6.07) is 8.07. The Kier molecular flexibility index (Phi) is 5.71. The molecule has 0 spiro atoms. The van der Waals surface area contributed by atoms with Crippen molar-refractivity contribution in [2.45, 2.75) is 36.9 Å². The minimum absolute atomic E-state index is 0.0232. The van der Waals surface area contributed by atoms with E-state index in [0.29, 0.717) is 0 Å². The lowest BCUT2D eigenvalue weighted by Gasteiger charge is -2.30. The molecule has 0 N–H and O–H groups in total.